The molecule has 0 spiro atoms. The van der Waals surface area contributed by atoms with Gasteiger partial charge in [-0.2, -0.15) is 0 Å². The number of amides is 1. The van der Waals surface area contributed by atoms with E-state index >= 15 is 0 Å². The molecule has 0 aliphatic heterocycles. The van der Waals surface area contributed by atoms with E-state index in [0.29, 0.717) is 6.54 Å². The minimum Gasteiger partial charge on any atom is -0.491 e. The maximum absolute atomic E-state index is 11.8. The van der Waals surface area contributed by atoms with Gasteiger partial charge in [0.05, 0.1) is 6.10 Å². The Morgan fingerprint density at radius 2 is 1.58 bits per heavy atom. The second-order valence-corrected chi connectivity index (χ2v) is 6.55. The molecule has 0 aromatic heterocycles. The monoisotopic (exact) mass is 355 g/mol. The molecular weight excluding hydrogens is 326 g/mol. The summed E-state index contributed by atoms with van der Waals surface area (Å²) in [6.07, 6.45) is 2.99. The maximum atomic E-state index is 11.8. The number of aryl methyl sites for hydroxylation is 2. The van der Waals surface area contributed by atoms with E-state index in [1.165, 1.54) is 11.1 Å². The SMILES string of the molecule is CCc1ccc(OCC(=O)NCCCc2ccc(OC(C)C)cc2)cc1. The van der Waals surface area contributed by atoms with E-state index in [1.54, 1.807) is 0 Å². The van der Waals surface area contributed by atoms with Crippen LogP contribution in [-0.2, 0) is 17.6 Å². The minimum absolute atomic E-state index is 0.0483. The summed E-state index contributed by atoms with van der Waals surface area (Å²) in [5.41, 5.74) is 2.49. The molecule has 4 nitrogen and oxygen atoms in total. The molecule has 0 unspecified atom stereocenters. The Balaban J connectivity index is 1.62. The Kier molecular flexibility index (Phi) is 8.00. The van der Waals surface area contributed by atoms with Crippen LogP contribution in [0.4, 0.5) is 0 Å². The number of rotatable bonds is 10. The Morgan fingerprint density at radius 1 is 0.962 bits per heavy atom. The van der Waals surface area contributed by atoms with Gasteiger partial charge in [-0.3, -0.25) is 4.79 Å². The van der Waals surface area contributed by atoms with Gasteiger partial charge in [-0.05, 0) is 68.5 Å². The summed E-state index contributed by atoms with van der Waals surface area (Å²) in [6.45, 7) is 6.83. The van der Waals surface area contributed by atoms with E-state index in [0.717, 1.165) is 30.8 Å². The molecule has 0 radical (unpaired) electrons. The van der Waals surface area contributed by atoms with Crippen molar-refractivity contribution < 1.29 is 14.3 Å². The van der Waals surface area contributed by atoms with Crippen LogP contribution in [0.25, 0.3) is 0 Å². The summed E-state index contributed by atoms with van der Waals surface area (Å²) < 4.78 is 11.1. The van der Waals surface area contributed by atoms with E-state index in [-0.39, 0.29) is 18.6 Å². The van der Waals surface area contributed by atoms with E-state index in [1.807, 2.05) is 50.2 Å². The predicted molar refractivity (Wildman–Crippen MR) is 105 cm³/mol. The second-order valence-electron chi connectivity index (χ2n) is 6.55. The molecule has 0 heterocycles. The van der Waals surface area contributed by atoms with Gasteiger partial charge in [-0.25, -0.2) is 0 Å². The van der Waals surface area contributed by atoms with E-state index < -0.39 is 0 Å². The molecule has 0 saturated carbocycles. The van der Waals surface area contributed by atoms with Crippen LogP contribution >= 0.6 is 0 Å². The zero-order valence-corrected chi connectivity index (χ0v) is 16.0. The van der Waals surface area contributed by atoms with Crippen molar-refractivity contribution in [3.05, 3.63) is 59.7 Å². The molecule has 0 aliphatic rings. The molecule has 4 heteroatoms. The fraction of sp³-hybridized carbons (Fsp3) is 0.409. The molecule has 140 valence electrons. The van der Waals surface area contributed by atoms with Gasteiger partial charge >= 0.3 is 0 Å². The first-order valence-corrected chi connectivity index (χ1v) is 9.31. The van der Waals surface area contributed by atoms with Crippen LogP contribution in [0.1, 0.15) is 38.3 Å². The van der Waals surface area contributed by atoms with Crippen LogP contribution in [-0.4, -0.2) is 25.2 Å². The molecule has 1 amide bonds. The van der Waals surface area contributed by atoms with Gasteiger partial charge < -0.3 is 14.8 Å². The van der Waals surface area contributed by atoms with E-state index in [4.69, 9.17) is 9.47 Å². The van der Waals surface area contributed by atoms with Gasteiger partial charge in [-0.15, -0.1) is 0 Å². The van der Waals surface area contributed by atoms with Crippen LogP contribution in [0.5, 0.6) is 11.5 Å². The van der Waals surface area contributed by atoms with Gasteiger partial charge in [0.15, 0.2) is 6.61 Å². The summed E-state index contributed by atoms with van der Waals surface area (Å²) in [5.74, 6) is 1.52. The maximum Gasteiger partial charge on any atom is 0.257 e. The molecular formula is C22H29NO3. The molecule has 1 N–H and O–H groups in total. The molecule has 2 aromatic carbocycles. The average molecular weight is 355 g/mol. The first-order valence-electron chi connectivity index (χ1n) is 9.31. The van der Waals surface area contributed by atoms with Crippen molar-refractivity contribution in [2.45, 2.75) is 46.1 Å². The summed E-state index contributed by atoms with van der Waals surface area (Å²) in [4.78, 5) is 11.8. The van der Waals surface area contributed by atoms with Crippen molar-refractivity contribution in [1.82, 2.24) is 5.32 Å². The lowest BCUT2D eigenvalue weighted by Crippen LogP contribution is -2.29. The summed E-state index contributed by atoms with van der Waals surface area (Å²) in [6, 6.07) is 16.0. The molecule has 2 rings (SSSR count). The lowest BCUT2D eigenvalue weighted by molar-refractivity contribution is -0.123. The standard InChI is InChI=1S/C22H29NO3/c1-4-18-7-11-20(12-8-18)25-16-22(24)23-15-5-6-19-9-13-21(14-10-19)26-17(2)3/h7-14,17H,4-6,15-16H2,1-3H3,(H,23,24). The summed E-state index contributed by atoms with van der Waals surface area (Å²) in [7, 11) is 0. The molecule has 0 aliphatic carbocycles. The number of hydrogen-bond donors (Lipinski definition) is 1. The fourth-order valence-corrected chi connectivity index (χ4v) is 2.55. The van der Waals surface area contributed by atoms with Crippen LogP contribution < -0.4 is 14.8 Å². The number of nitrogens with one attached hydrogen (secondary N) is 1. The fourth-order valence-electron chi connectivity index (χ4n) is 2.55. The third-order valence-electron chi connectivity index (χ3n) is 3.96. The smallest absolute Gasteiger partial charge is 0.257 e. The lowest BCUT2D eigenvalue weighted by Gasteiger charge is -2.10. The Morgan fingerprint density at radius 3 is 2.19 bits per heavy atom. The highest BCUT2D eigenvalue weighted by atomic mass is 16.5. The highest BCUT2D eigenvalue weighted by Crippen LogP contribution is 2.15. The van der Waals surface area contributed by atoms with Crippen LogP contribution in [0.2, 0.25) is 0 Å². The van der Waals surface area contributed by atoms with E-state index in [2.05, 4.69) is 24.4 Å². The average Bonchev–Trinajstić information content (AvgIpc) is 2.65. The van der Waals surface area contributed by atoms with Gasteiger partial charge in [0.2, 0.25) is 0 Å². The first kappa shape index (κ1) is 19.8. The predicted octanol–water partition coefficient (Wildman–Crippen LogP) is 4.16. The summed E-state index contributed by atoms with van der Waals surface area (Å²) in [5, 5.41) is 2.89. The zero-order valence-electron chi connectivity index (χ0n) is 16.0. The lowest BCUT2D eigenvalue weighted by atomic mass is 10.1. The topological polar surface area (TPSA) is 47.6 Å². The van der Waals surface area contributed by atoms with Crippen molar-refractivity contribution in [2.24, 2.45) is 0 Å². The normalized spacial score (nSPS) is 10.6. The van der Waals surface area contributed by atoms with Gasteiger partial charge in [0, 0.05) is 6.54 Å². The summed E-state index contributed by atoms with van der Waals surface area (Å²) >= 11 is 0. The number of hydrogen-bond acceptors (Lipinski definition) is 3. The highest BCUT2D eigenvalue weighted by Gasteiger charge is 2.03. The second kappa shape index (κ2) is 10.5. The van der Waals surface area contributed by atoms with Crippen molar-refractivity contribution in [2.75, 3.05) is 13.2 Å². The molecule has 0 atom stereocenters. The van der Waals surface area contributed by atoms with Gasteiger partial charge in [-0.1, -0.05) is 31.2 Å². The Hall–Kier alpha value is -2.49. The van der Waals surface area contributed by atoms with E-state index in [9.17, 15) is 4.79 Å². The van der Waals surface area contributed by atoms with Crippen molar-refractivity contribution in [1.29, 1.82) is 0 Å². The molecule has 0 fully saturated rings. The van der Waals surface area contributed by atoms with Crippen LogP contribution in [0.15, 0.2) is 48.5 Å². The largest absolute Gasteiger partial charge is 0.491 e. The Labute approximate surface area is 156 Å². The third kappa shape index (κ3) is 7.18. The number of carbonyl (C=O) groups excluding carboxylic acids is 1. The number of carbonyl (C=O) groups is 1. The zero-order chi connectivity index (χ0) is 18.8. The third-order valence-corrected chi connectivity index (χ3v) is 3.96. The van der Waals surface area contributed by atoms with Gasteiger partial charge in [0.1, 0.15) is 11.5 Å². The van der Waals surface area contributed by atoms with Crippen LogP contribution in [0, 0.1) is 0 Å². The van der Waals surface area contributed by atoms with Crippen molar-refractivity contribution in [3.8, 4) is 11.5 Å². The highest BCUT2D eigenvalue weighted by molar-refractivity contribution is 5.77. The number of ether oxygens (including phenoxy) is 2. The molecule has 26 heavy (non-hydrogen) atoms. The molecule has 0 bridgehead atoms. The van der Waals surface area contributed by atoms with Crippen LogP contribution in [0.3, 0.4) is 0 Å². The van der Waals surface area contributed by atoms with Gasteiger partial charge in [0.25, 0.3) is 5.91 Å². The van der Waals surface area contributed by atoms with Crippen molar-refractivity contribution in [3.63, 3.8) is 0 Å². The quantitative estimate of drug-likeness (QED) is 0.651. The Bertz CT molecular complexity index is 663. The molecule has 2 aromatic rings. The first-order chi connectivity index (χ1) is 12.6. The minimum atomic E-state index is -0.0924. The molecule has 0 saturated heterocycles. The number of benzene rings is 2. The van der Waals surface area contributed by atoms with Crippen molar-refractivity contribution >= 4 is 5.91 Å².